The molecule has 0 amide bonds. The SMILES string of the molecule is CCN1CCC(c2nc(C3CCCNC3)no2)CC1. The van der Waals surface area contributed by atoms with Gasteiger partial charge in [0, 0.05) is 18.4 Å². The van der Waals surface area contributed by atoms with Gasteiger partial charge in [-0.2, -0.15) is 4.98 Å². The molecule has 1 aromatic rings. The molecule has 3 heterocycles. The van der Waals surface area contributed by atoms with E-state index in [1.807, 2.05) is 0 Å². The summed E-state index contributed by atoms with van der Waals surface area (Å²) in [6.07, 6.45) is 4.69. The van der Waals surface area contributed by atoms with Crippen molar-refractivity contribution in [2.75, 3.05) is 32.7 Å². The van der Waals surface area contributed by atoms with Gasteiger partial charge in [0.15, 0.2) is 5.82 Å². The van der Waals surface area contributed by atoms with E-state index < -0.39 is 0 Å². The van der Waals surface area contributed by atoms with E-state index in [-0.39, 0.29) is 0 Å². The third-order valence-corrected chi connectivity index (χ3v) is 4.50. The summed E-state index contributed by atoms with van der Waals surface area (Å²) in [5.41, 5.74) is 0. The highest BCUT2D eigenvalue weighted by Gasteiger charge is 2.26. The standard InChI is InChI=1S/C14H24N4O/c1-2-18-8-5-11(6-9-18)14-16-13(17-19-14)12-4-3-7-15-10-12/h11-12,15H,2-10H2,1H3. The molecule has 0 aromatic carbocycles. The highest BCUT2D eigenvalue weighted by molar-refractivity contribution is 5.02. The number of hydrogen-bond donors (Lipinski definition) is 1. The number of likely N-dealkylation sites (tertiary alicyclic amines) is 1. The minimum atomic E-state index is 0.446. The molecule has 106 valence electrons. The molecule has 1 atom stereocenters. The van der Waals surface area contributed by atoms with Crippen LogP contribution in [-0.4, -0.2) is 47.8 Å². The summed E-state index contributed by atoms with van der Waals surface area (Å²) in [6, 6.07) is 0. The molecule has 2 fully saturated rings. The Labute approximate surface area is 114 Å². The molecule has 1 unspecified atom stereocenters. The van der Waals surface area contributed by atoms with E-state index in [0.29, 0.717) is 11.8 Å². The maximum absolute atomic E-state index is 5.52. The average molecular weight is 264 g/mol. The Morgan fingerprint density at radius 2 is 2.11 bits per heavy atom. The second kappa shape index (κ2) is 6.01. The summed E-state index contributed by atoms with van der Waals surface area (Å²) in [6.45, 7) is 7.80. The Kier molecular flexibility index (Phi) is 4.13. The van der Waals surface area contributed by atoms with Gasteiger partial charge in [-0.05, 0) is 51.9 Å². The summed E-state index contributed by atoms with van der Waals surface area (Å²) in [7, 11) is 0. The van der Waals surface area contributed by atoms with Crippen molar-refractivity contribution in [3.8, 4) is 0 Å². The first-order valence-corrected chi connectivity index (χ1v) is 7.63. The molecule has 1 aromatic heterocycles. The maximum Gasteiger partial charge on any atom is 0.229 e. The molecule has 1 N–H and O–H groups in total. The van der Waals surface area contributed by atoms with Crippen LogP contribution in [0.15, 0.2) is 4.52 Å². The molecule has 0 aliphatic carbocycles. The molecule has 5 nitrogen and oxygen atoms in total. The van der Waals surface area contributed by atoms with Gasteiger partial charge < -0.3 is 14.7 Å². The van der Waals surface area contributed by atoms with Crippen LogP contribution in [0.3, 0.4) is 0 Å². The van der Waals surface area contributed by atoms with E-state index in [2.05, 4.69) is 27.3 Å². The Morgan fingerprint density at radius 3 is 2.79 bits per heavy atom. The van der Waals surface area contributed by atoms with Crippen LogP contribution in [0.25, 0.3) is 0 Å². The lowest BCUT2D eigenvalue weighted by atomic mass is 9.96. The smallest absolute Gasteiger partial charge is 0.229 e. The predicted octanol–water partition coefficient (Wildman–Crippen LogP) is 1.74. The summed E-state index contributed by atoms with van der Waals surface area (Å²) < 4.78 is 5.52. The number of nitrogens with zero attached hydrogens (tertiary/aromatic N) is 3. The first-order chi connectivity index (χ1) is 9.36. The van der Waals surface area contributed by atoms with Crippen molar-refractivity contribution in [2.24, 2.45) is 0 Å². The molecule has 0 radical (unpaired) electrons. The number of hydrogen-bond acceptors (Lipinski definition) is 5. The van der Waals surface area contributed by atoms with E-state index >= 15 is 0 Å². The molecule has 2 aliphatic rings. The molecule has 2 saturated heterocycles. The van der Waals surface area contributed by atoms with Crippen molar-refractivity contribution in [2.45, 2.75) is 44.4 Å². The molecule has 0 saturated carbocycles. The number of aromatic nitrogens is 2. The minimum Gasteiger partial charge on any atom is -0.339 e. The van der Waals surface area contributed by atoms with Crippen LogP contribution in [0.2, 0.25) is 0 Å². The third-order valence-electron chi connectivity index (χ3n) is 4.50. The van der Waals surface area contributed by atoms with Crippen LogP contribution in [-0.2, 0) is 0 Å². The van der Waals surface area contributed by atoms with Gasteiger partial charge in [0.1, 0.15) is 0 Å². The number of nitrogens with one attached hydrogen (secondary N) is 1. The summed E-state index contributed by atoms with van der Waals surface area (Å²) in [5, 5.41) is 7.62. The first-order valence-electron chi connectivity index (χ1n) is 7.63. The van der Waals surface area contributed by atoms with Gasteiger partial charge in [-0.25, -0.2) is 0 Å². The van der Waals surface area contributed by atoms with Gasteiger partial charge in [0.25, 0.3) is 0 Å². The lowest BCUT2D eigenvalue weighted by Gasteiger charge is -2.29. The molecular weight excluding hydrogens is 240 g/mol. The quantitative estimate of drug-likeness (QED) is 0.901. The van der Waals surface area contributed by atoms with Gasteiger partial charge in [-0.1, -0.05) is 12.1 Å². The van der Waals surface area contributed by atoms with Crippen LogP contribution in [0, 0.1) is 0 Å². The zero-order valence-corrected chi connectivity index (χ0v) is 11.8. The van der Waals surface area contributed by atoms with Crippen molar-refractivity contribution < 1.29 is 4.52 Å². The monoisotopic (exact) mass is 264 g/mol. The molecule has 0 bridgehead atoms. The Hall–Kier alpha value is -0.940. The van der Waals surface area contributed by atoms with Crippen molar-refractivity contribution >= 4 is 0 Å². The van der Waals surface area contributed by atoms with Crippen molar-refractivity contribution in [3.05, 3.63) is 11.7 Å². The van der Waals surface area contributed by atoms with Crippen molar-refractivity contribution in [1.82, 2.24) is 20.4 Å². The number of rotatable bonds is 3. The first kappa shape index (κ1) is 13.1. The molecule has 3 rings (SSSR count). The molecular formula is C14H24N4O. The van der Waals surface area contributed by atoms with Gasteiger partial charge in [0.2, 0.25) is 5.89 Å². The second-order valence-electron chi connectivity index (χ2n) is 5.74. The largest absolute Gasteiger partial charge is 0.339 e. The molecule has 2 aliphatic heterocycles. The maximum atomic E-state index is 5.52. The van der Waals surface area contributed by atoms with E-state index in [1.165, 1.54) is 12.8 Å². The number of piperidine rings is 2. The van der Waals surface area contributed by atoms with E-state index in [4.69, 9.17) is 4.52 Å². The highest BCUT2D eigenvalue weighted by Crippen LogP contribution is 2.28. The lowest BCUT2D eigenvalue weighted by molar-refractivity contribution is 0.202. The molecule has 19 heavy (non-hydrogen) atoms. The fraction of sp³-hybridized carbons (Fsp3) is 0.857. The predicted molar refractivity (Wildman–Crippen MR) is 73.2 cm³/mol. The molecule has 5 heteroatoms. The van der Waals surface area contributed by atoms with Crippen LogP contribution < -0.4 is 5.32 Å². The van der Waals surface area contributed by atoms with Gasteiger partial charge in [-0.15, -0.1) is 0 Å². The van der Waals surface area contributed by atoms with E-state index in [9.17, 15) is 0 Å². The fourth-order valence-electron chi connectivity index (χ4n) is 3.15. The fourth-order valence-corrected chi connectivity index (χ4v) is 3.15. The van der Waals surface area contributed by atoms with E-state index in [1.54, 1.807) is 0 Å². The summed E-state index contributed by atoms with van der Waals surface area (Å²) in [4.78, 5) is 7.16. The van der Waals surface area contributed by atoms with Crippen molar-refractivity contribution in [3.63, 3.8) is 0 Å². The van der Waals surface area contributed by atoms with Gasteiger partial charge in [-0.3, -0.25) is 0 Å². The highest BCUT2D eigenvalue weighted by atomic mass is 16.5. The Bertz CT molecular complexity index is 392. The van der Waals surface area contributed by atoms with Crippen LogP contribution in [0.5, 0.6) is 0 Å². The van der Waals surface area contributed by atoms with Gasteiger partial charge in [0.05, 0.1) is 0 Å². The summed E-state index contributed by atoms with van der Waals surface area (Å²) in [5.74, 6) is 2.71. The Morgan fingerprint density at radius 1 is 1.26 bits per heavy atom. The summed E-state index contributed by atoms with van der Waals surface area (Å²) >= 11 is 0. The van der Waals surface area contributed by atoms with Gasteiger partial charge >= 0.3 is 0 Å². The topological polar surface area (TPSA) is 54.2 Å². The van der Waals surface area contributed by atoms with E-state index in [0.717, 1.165) is 57.3 Å². The van der Waals surface area contributed by atoms with Crippen LogP contribution >= 0.6 is 0 Å². The second-order valence-corrected chi connectivity index (χ2v) is 5.74. The zero-order chi connectivity index (χ0) is 13.1. The molecule has 0 spiro atoms. The lowest BCUT2D eigenvalue weighted by Crippen LogP contribution is -2.32. The Balaban J connectivity index is 1.61. The normalized spacial score (nSPS) is 26.7. The average Bonchev–Trinajstić information content (AvgIpc) is 2.98. The minimum absolute atomic E-state index is 0.446. The van der Waals surface area contributed by atoms with Crippen LogP contribution in [0.4, 0.5) is 0 Å². The van der Waals surface area contributed by atoms with Crippen molar-refractivity contribution in [1.29, 1.82) is 0 Å². The third kappa shape index (κ3) is 2.98. The van der Waals surface area contributed by atoms with Crippen LogP contribution in [0.1, 0.15) is 56.2 Å². The zero-order valence-electron chi connectivity index (χ0n) is 11.8.